The summed E-state index contributed by atoms with van der Waals surface area (Å²) in [6.45, 7) is 5.97. The lowest BCUT2D eigenvalue weighted by Crippen LogP contribution is -2.36. The first-order valence-electron chi connectivity index (χ1n) is 8.88. The third kappa shape index (κ3) is 4.26. The summed E-state index contributed by atoms with van der Waals surface area (Å²) >= 11 is 0. The Labute approximate surface area is 143 Å². The molecule has 1 N–H and O–H groups in total. The van der Waals surface area contributed by atoms with Crippen LogP contribution in [0.2, 0.25) is 0 Å². The van der Waals surface area contributed by atoms with Gasteiger partial charge >= 0.3 is 0 Å². The molecule has 2 aromatic rings. The standard InChI is InChI=1S/C20H26N2O2/c1-2-16-5-3-4-6-19(16)24-14-13-22-11-8-17(9-12-22)18-7-10-21-20(23)15-18/h3-7,10,15,17H,2,8-9,11-14H2,1H3,(H,21,23). The average Bonchev–Trinajstić information content (AvgIpc) is 2.63. The molecule has 1 aromatic carbocycles. The van der Waals surface area contributed by atoms with E-state index in [4.69, 9.17) is 4.74 Å². The summed E-state index contributed by atoms with van der Waals surface area (Å²) < 4.78 is 5.97. The molecule has 1 aliphatic heterocycles. The molecule has 128 valence electrons. The third-order valence-electron chi connectivity index (χ3n) is 4.88. The summed E-state index contributed by atoms with van der Waals surface area (Å²) in [5.74, 6) is 1.52. The summed E-state index contributed by atoms with van der Waals surface area (Å²) in [7, 11) is 0. The van der Waals surface area contributed by atoms with E-state index in [-0.39, 0.29) is 5.56 Å². The maximum atomic E-state index is 11.4. The average molecular weight is 326 g/mol. The van der Waals surface area contributed by atoms with Gasteiger partial charge in [0.05, 0.1) is 0 Å². The van der Waals surface area contributed by atoms with Gasteiger partial charge in [-0.05, 0) is 61.5 Å². The van der Waals surface area contributed by atoms with Gasteiger partial charge in [-0.3, -0.25) is 9.69 Å². The number of pyridine rings is 1. The van der Waals surface area contributed by atoms with Crippen LogP contribution in [0.1, 0.15) is 36.8 Å². The molecule has 3 rings (SSSR count). The maximum Gasteiger partial charge on any atom is 0.248 e. The van der Waals surface area contributed by atoms with E-state index in [0.717, 1.165) is 51.3 Å². The number of ether oxygens (including phenoxy) is 1. The molecule has 2 heterocycles. The molecule has 1 aliphatic rings. The minimum atomic E-state index is -0.00193. The van der Waals surface area contributed by atoms with Crippen molar-refractivity contribution >= 4 is 0 Å². The number of para-hydroxylation sites is 1. The lowest BCUT2D eigenvalue weighted by molar-refractivity contribution is 0.173. The van der Waals surface area contributed by atoms with Crippen molar-refractivity contribution in [2.24, 2.45) is 0 Å². The first kappa shape index (κ1) is 16.8. The molecule has 0 amide bonds. The number of aromatic amines is 1. The number of H-pyrrole nitrogens is 1. The SMILES string of the molecule is CCc1ccccc1OCCN1CCC(c2cc[nH]c(=O)c2)CC1. The van der Waals surface area contributed by atoms with E-state index < -0.39 is 0 Å². The summed E-state index contributed by atoms with van der Waals surface area (Å²) in [5.41, 5.74) is 2.44. The molecule has 0 bridgehead atoms. The number of hydrogen-bond acceptors (Lipinski definition) is 3. The van der Waals surface area contributed by atoms with Crippen LogP contribution in [-0.4, -0.2) is 36.1 Å². The summed E-state index contributed by atoms with van der Waals surface area (Å²) in [4.78, 5) is 16.6. The molecule has 0 unspecified atom stereocenters. The summed E-state index contributed by atoms with van der Waals surface area (Å²) in [6.07, 6.45) is 4.96. The Bertz CT molecular complexity index is 703. The van der Waals surface area contributed by atoms with Gasteiger partial charge in [-0.1, -0.05) is 25.1 Å². The number of nitrogens with one attached hydrogen (secondary N) is 1. The Morgan fingerprint density at radius 3 is 2.75 bits per heavy atom. The topological polar surface area (TPSA) is 45.3 Å². The molecule has 4 heteroatoms. The van der Waals surface area contributed by atoms with Crippen LogP contribution in [0.15, 0.2) is 47.4 Å². The number of benzene rings is 1. The predicted octanol–water partition coefficient (Wildman–Crippen LogP) is 3.20. The zero-order chi connectivity index (χ0) is 16.8. The fraction of sp³-hybridized carbons (Fsp3) is 0.450. The van der Waals surface area contributed by atoms with Crippen molar-refractivity contribution in [1.29, 1.82) is 0 Å². The van der Waals surface area contributed by atoms with E-state index >= 15 is 0 Å². The molecule has 0 atom stereocenters. The molecule has 4 nitrogen and oxygen atoms in total. The quantitative estimate of drug-likeness (QED) is 0.887. The maximum absolute atomic E-state index is 11.4. The molecular formula is C20H26N2O2. The van der Waals surface area contributed by atoms with E-state index in [1.165, 1.54) is 11.1 Å². The van der Waals surface area contributed by atoms with Crippen molar-refractivity contribution in [2.75, 3.05) is 26.2 Å². The monoisotopic (exact) mass is 326 g/mol. The van der Waals surface area contributed by atoms with Gasteiger partial charge in [-0.2, -0.15) is 0 Å². The van der Waals surface area contributed by atoms with Crippen molar-refractivity contribution < 1.29 is 4.74 Å². The van der Waals surface area contributed by atoms with Gasteiger partial charge in [0.2, 0.25) is 5.56 Å². The fourth-order valence-electron chi connectivity index (χ4n) is 3.43. The van der Waals surface area contributed by atoms with Crippen LogP contribution in [0, 0.1) is 0 Å². The third-order valence-corrected chi connectivity index (χ3v) is 4.88. The van der Waals surface area contributed by atoms with E-state index in [2.05, 4.69) is 35.0 Å². The van der Waals surface area contributed by atoms with Gasteiger partial charge in [0.1, 0.15) is 12.4 Å². The summed E-state index contributed by atoms with van der Waals surface area (Å²) in [5, 5.41) is 0. The number of aryl methyl sites for hydroxylation is 1. The van der Waals surface area contributed by atoms with Crippen LogP contribution < -0.4 is 10.3 Å². The van der Waals surface area contributed by atoms with Crippen LogP contribution in [0.5, 0.6) is 5.75 Å². The van der Waals surface area contributed by atoms with Crippen molar-refractivity contribution in [3.63, 3.8) is 0 Å². The Morgan fingerprint density at radius 1 is 1.21 bits per heavy atom. The zero-order valence-electron chi connectivity index (χ0n) is 14.3. The second kappa shape index (κ2) is 8.15. The number of likely N-dealkylation sites (tertiary alicyclic amines) is 1. The lowest BCUT2D eigenvalue weighted by atomic mass is 9.90. The number of aromatic nitrogens is 1. The van der Waals surface area contributed by atoms with Crippen LogP contribution in [0.25, 0.3) is 0 Å². The van der Waals surface area contributed by atoms with Crippen LogP contribution in [0.3, 0.4) is 0 Å². The van der Waals surface area contributed by atoms with Crippen molar-refractivity contribution in [2.45, 2.75) is 32.1 Å². The smallest absolute Gasteiger partial charge is 0.248 e. The highest BCUT2D eigenvalue weighted by atomic mass is 16.5. The minimum absolute atomic E-state index is 0.00193. The van der Waals surface area contributed by atoms with Gasteiger partial charge in [-0.15, -0.1) is 0 Å². The van der Waals surface area contributed by atoms with Gasteiger partial charge in [0.25, 0.3) is 0 Å². The first-order chi connectivity index (χ1) is 11.8. The van der Waals surface area contributed by atoms with Crippen molar-refractivity contribution in [1.82, 2.24) is 9.88 Å². The van der Waals surface area contributed by atoms with Gasteiger partial charge in [0, 0.05) is 18.8 Å². The van der Waals surface area contributed by atoms with Crippen LogP contribution >= 0.6 is 0 Å². The molecular weight excluding hydrogens is 300 g/mol. The van der Waals surface area contributed by atoms with Crippen LogP contribution in [0.4, 0.5) is 0 Å². The normalized spacial score (nSPS) is 16.2. The highest BCUT2D eigenvalue weighted by Gasteiger charge is 2.20. The van der Waals surface area contributed by atoms with Crippen LogP contribution in [-0.2, 0) is 6.42 Å². The summed E-state index contributed by atoms with van der Waals surface area (Å²) in [6, 6.07) is 12.0. The molecule has 1 fully saturated rings. The molecule has 0 aliphatic carbocycles. The highest BCUT2D eigenvalue weighted by molar-refractivity contribution is 5.33. The lowest BCUT2D eigenvalue weighted by Gasteiger charge is -2.32. The van der Waals surface area contributed by atoms with E-state index in [1.807, 2.05) is 12.1 Å². The van der Waals surface area contributed by atoms with Gasteiger partial charge < -0.3 is 9.72 Å². The number of nitrogens with zero attached hydrogens (tertiary/aromatic N) is 1. The molecule has 0 radical (unpaired) electrons. The molecule has 24 heavy (non-hydrogen) atoms. The second-order valence-electron chi connectivity index (χ2n) is 6.41. The molecule has 1 saturated heterocycles. The highest BCUT2D eigenvalue weighted by Crippen LogP contribution is 2.26. The number of piperidine rings is 1. The Morgan fingerprint density at radius 2 is 2.00 bits per heavy atom. The number of rotatable bonds is 6. The Kier molecular flexibility index (Phi) is 5.70. The molecule has 0 spiro atoms. The van der Waals surface area contributed by atoms with Gasteiger partial charge in [0.15, 0.2) is 0 Å². The van der Waals surface area contributed by atoms with Gasteiger partial charge in [-0.25, -0.2) is 0 Å². The van der Waals surface area contributed by atoms with E-state index in [0.29, 0.717) is 5.92 Å². The second-order valence-corrected chi connectivity index (χ2v) is 6.41. The minimum Gasteiger partial charge on any atom is -0.492 e. The van der Waals surface area contributed by atoms with Crippen molar-refractivity contribution in [3.05, 3.63) is 64.1 Å². The largest absolute Gasteiger partial charge is 0.492 e. The van der Waals surface area contributed by atoms with E-state index in [1.54, 1.807) is 12.3 Å². The molecule has 0 saturated carbocycles. The Hall–Kier alpha value is -2.07. The van der Waals surface area contributed by atoms with E-state index in [9.17, 15) is 4.79 Å². The predicted molar refractivity (Wildman–Crippen MR) is 96.8 cm³/mol. The Balaban J connectivity index is 1.45. The fourth-order valence-corrected chi connectivity index (χ4v) is 3.43. The first-order valence-corrected chi connectivity index (χ1v) is 8.88. The molecule has 1 aromatic heterocycles. The van der Waals surface area contributed by atoms with Crippen molar-refractivity contribution in [3.8, 4) is 5.75 Å². The number of hydrogen-bond donors (Lipinski definition) is 1. The zero-order valence-corrected chi connectivity index (χ0v) is 14.3.